The Morgan fingerprint density at radius 1 is 1.08 bits per heavy atom. The number of hydrogen-bond donors (Lipinski definition) is 2. The van der Waals surface area contributed by atoms with Gasteiger partial charge < -0.3 is 15.3 Å². The molecule has 190 valence electrons. The highest BCUT2D eigenvalue weighted by Gasteiger charge is 2.31. The lowest BCUT2D eigenvalue weighted by Gasteiger charge is -2.22. The third-order valence-electron chi connectivity index (χ3n) is 6.21. The van der Waals surface area contributed by atoms with Gasteiger partial charge in [0, 0.05) is 18.2 Å². The van der Waals surface area contributed by atoms with Crippen molar-refractivity contribution in [3.05, 3.63) is 66.0 Å². The Balaban J connectivity index is 1.41. The second-order valence-corrected chi connectivity index (χ2v) is 9.61. The van der Waals surface area contributed by atoms with E-state index in [0.29, 0.717) is 42.7 Å². The molecule has 1 aliphatic heterocycles. The minimum Gasteiger partial charge on any atom is -0.480 e. The van der Waals surface area contributed by atoms with Gasteiger partial charge in [0.15, 0.2) is 0 Å². The number of benzene rings is 1. The van der Waals surface area contributed by atoms with Crippen molar-refractivity contribution in [1.82, 2.24) is 29.9 Å². The van der Waals surface area contributed by atoms with Gasteiger partial charge in [0.25, 0.3) is 0 Å². The minimum absolute atomic E-state index is 0.172. The number of carboxylic acids is 1. The van der Waals surface area contributed by atoms with Crippen LogP contribution in [0.25, 0.3) is 22.6 Å². The van der Waals surface area contributed by atoms with Crippen molar-refractivity contribution in [3.63, 3.8) is 0 Å². The fraction of sp³-hybridized carbons (Fsp3) is 0.333. The molecule has 4 aromatic rings. The highest BCUT2D eigenvalue weighted by Crippen LogP contribution is 2.26. The van der Waals surface area contributed by atoms with Gasteiger partial charge in [-0.15, -0.1) is 5.10 Å². The summed E-state index contributed by atoms with van der Waals surface area (Å²) in [7, 11) is 0. The van der Waals surface area contributed by atoms with Gasteiger partial charge in [-0.2, -0.15) is 0 Å². The quantitative estimate of drug-likeness (QED) is 0.371. The van der Waals surface area contributed by atoms with Gasteiger partial charge in [0.1, 0.15) is 17.6 Å². The Hall–Kier alpha value is -4.34. The summed E-state index contributed by atoms with van der Waals surface area (Å²) < 4.78 is 1.71. The van der Waals surface area contributed by atoms with E-state index in [1.807, 2.05) is 61.3 Å². The van der Waals surface area contributed by atoms with Gasteiger partial charge in [-0.25, -0.2) is 24.4 Å². The predicted octanol–water partition coefficient (Wildman–Crippen LogP) is 4.03. The van der Waals surface area contributed by atoms with E-state index in [-0.39, 0.29) is 6.04 Å². The molecule has 3 aromatic heterocycles. The lowest BCUT2D eigenvalue weighted by molar-refractivity contribution is -0.138. The molecule has 0 unspecified atom stereocenters. The number of aryl methyl sites for hydroxylation is 1. The van der Waals surface area contributed by atoms with Gasteiger partial charge >= 0.3 is 5.97 Å². The van der Waals surface area contributed by atoms with Crippen LogP contribution < -0.4 is 10.2 Å². The second kappa shape index (κ2) is 10.3. The number of hydrogen-bond acceptors (Lipinski definition) is 8. The number of carbonyl (C=O) groups is 1. The molecule has 0 spiro atoms. The summed E-state index contributed by atoms with van der Waals surface area (Å²) in [4.78, 5) is 27.6. The van der Waals surface area contributed by atoms with E-state index in [9.17, 15) is 9.90 Å². The summed E-state index contributed by atoms with van der Waals surface area (Å²) >= 11 is 0. The molecule has 0 aliphatic carbocycles. The van der Waals surface area contributed by atoms with E-state index in [1.165, 1.54) is 0 Å². The van der Waals surface area contributed by atoms with E-state index in [1.54, 1.807) is 4.68 Å². The van der Waals surface area contributed by atoms with Gasteiger partial charge in [0.2, 0.25) is 5.95 Å². The molecule has 0 bridgehead atoms. The van der Waals surface area contributed by atoms with Crippen molar-refractivity contribution in [2.24, 2.45) is 0 Å². The third-order valence-corrected chi connectivity index (χ3v) is 6.21. The van der Waals surface area contributed by atoms with Crippen molar-refractivity contribution in [3.8, 4) is 22.6 Å². The Bertz CT molecular complexity index is 1420. The Kier molecular flexibility index (Phi) is 6.80. The van der Waals surface area contributed by atoms with Crippen LogP contribution in [-0.4, -0.2) is 59.7 Å². The normalized spacial score (nSPS) is 15.4. The van der Waals surface area contributed by atoms with Crippen molar-refractivity contribution in [2.75, 3.05) is 16.8 Å². The molecule has 1 fully saturated rings. The molecule has 4 heterocycles. The maximum absolute atomic E-state index is 11.6. The molecule has 0 amide bonds. The summed E-state index contributed by atoms with van der Waals surface area (Å²) in [6.07, 6.45) is 3.31. The molecular weight excluding hydrogens is 468 g/mol. The maximum atomic E-state index is 11.6. The number of nitrogens with one attached hydrogen (secondary N) is 1. The van der Waals surface area contributed by atoms with Crippen molar-refractivity contribution < 1.29 is 9.90 Å². The fourth-order valence-corrected chi connectivity index (χ4v) is 4.53. The summed E-state index contributed by atoms with van der Waals surface area (Å²) in [6.45, 7) is 7.23. The first-order valence-corrected chi connectivity index (χ1v) is 12.4. The van der Waals surface area contributed by atoms with Crippen molar-refractivity contribution in [1.29, 1.82) is 0 Å². The number of pyridine rings is 1. The molecule has 10 nitrogen and oxygen atoms in total. The lowest BCUT2D eigenvalue weighted by Crippen LogP contribution is -2.36. The Labute approximate surface area is 215 Å². The molecule has 1 saturated heterocycles. The molecule has 0 saturated carbocycles. The van der Waals surface area contributed by atoms with Crippen LogP contribution >= 0.6 is 0 Å². The van der Waals surface area contributed by atoms with Crippen LogP contribution in [0.1, 0.15) is 37.9 Å². The molecule has 1 atom stereocenters. The zero-order valence-corrected chi connectivity index (χ0v) is 21.2. The first-order chi connectivity index (χ1) is 17.9. The smallest absolute Gasteiger partial charge is 0.326 e. The summed E-state index contributed by atoms with van der Waals surface area (Å²) in [5, 5.41) is 21.5. The minimum atomic E-state index is -0.813. The van der Waals surface area contributed by atoms with Gasteiger partial charge in [-0.3, -0.25) is 0 Å². The molecular formula is C27H30N8O2. The van der Waals surface area contributed by atoms with Crippen molar-refractivity contribution in [2.45, 2.75) is 52.2 Å². The van der Waals surface area contributed by atoms with E-state index in [2.05, 4.69) is 39.7 Å². The van der Waals surface area contributed by atoms with Gasteiger partial charge in [0.05, 0.1) is 29.8 Å². The zero-order valence-electron chi connectivity index (χ0n) is 21.2. The topological polar surface area (TPSA) is 122 Å². The standard InChI is InChI=1S/C27H30N8O2/c1-17(2)28-27-30-21(19-8-4-7-18(3)13-19)14-22(31-27)23-16-34(33-32-23)15-20-9-5-11-25(29-20)35-12-6-10-24(35)26(36)37/h4-5,7-9,11,13-14,16-17,24H,6,10,12,15H2,1-3H3,(H,36,37)(H,28,30,31)/t24-/m1/s1. The fourth-order valence-electron chi connectivity index (χ4n) is 4.53. The molecule has 1 aromatic carbocycles. The third kappa shape index (κ3) is 5.58. The van der Waals surface area contributed by atoms with Crippen molar-refractivity contribution >= 4 is 17.7 Å². The Morgan fingerprint density at radius 3 is 2.68 bits per heavy atom. The number of carboxylic acid groups (broad SMARTS) is 1. The van der Waals surface area contributed by atoms with Crippen LogP contribution in [0.4, 0.5) is 11.8 Å². The van der Waals surface area contributed by atoms with E-state index < -0.39 is 12.0 Å². The molecule has 2 N–H and O–H groups in total. The second-order valence-electron chi connectivity index (χ2n) is 9.61. The van der Waals surface area contributed by atoms with E-state index >= 15 is 0 Å². The average molecular weight is 499 g/mol. The van der Waals surface area contributed by atoms with Gasteiger partial charge in [-0.05, 0) is 57.9 Å². The largest absolute Gasteiger partial charge is 0.480 e. The highest BCUT2D eigenvalue weighted by molar-refractivity contribution is 5.78. The maximum Gasteiger partial charge on any atom is 0.326 e. The van der Waals surface area contributed by atoms with Crippen LogP contribution in [0.5, 0.6) is 0 Å². The van der Waals surface area contributed by atoms with Crippen LogP contribution in [0.15, 0.2) is 54.7 Å². The van der Waals surface area contributed by atoms with Crippen LogP contribution in [0.2, 0.25) is 0 Å². The predicted molar refractivity (Wildman–Crippen MR) is 141 cm³/mol. The number of anilines is 2. The molecule has 0 radical (unpaired) electrons. The van der Waals surface area contributed by atoms with E-state index in [0.717, 1.165) is 28.9 Å². The number of aromatic nitrogens is 6. The molecule has 10 heteroatoms. The zero-order chi connectivity index (χ0) is 25.9. The summed E-state index contributed by atoms with van der Waals surface area (Å²) in [5.41, 5.74) is 5.04. The Morgan fingerprint density at radius 2 is 1.89 bits per heavy atom. The lowest BCUT2D eigenvalue weighted by atomic mass is 10.1. The van der Waals surface area contributed by atoms with Gasteiger partial charge in [-0.1, -0.05) is 35.0 Å². The summed E-state index contributed by atoms with van der Waals surface area (Å²) in [5.74, 6) is 0.393. The number of rotatable bonds is 8. The van der Waals surface area contributed by atoms with E-state index in [4.69, 9.17) is 9.97 Å². The molecule has 1 aliphatic rings. The highest BCUT2D eigenvalue weighted by atomic mass is 16.4. The first kappa shape index (κ1) is 24.4. The SMILES string of the molecule is Cc1cccc(-c2cc(-c3cn(Cc4cccc(N5CCC[C@@H]5C(=O)O)n4)nn3)nc(NC(C)C)n2)c1. The summed E-state index contributed by atoms with van der Waals surface area (Å²) in [6, 6.07) is 15.4. The van der Waals surface area contributed by atoms with Crippen LogP contribution in [0.3, 0.4) is 0 Å². The first-order valence-electron chi connectivity index (χ1n) is 12.4. The molecule has 37 heavy (non-hydrogen) atoms. The monoisotopic (exact) mass is 498 g/mol. The number of nitrogens with zero attached hydrogens (tertiary/aromatic N) is 7. The van der Waals surface area contributed by atoms with Crippen LogP contribution in [0, 0.1) is 6.92 Å². The number of aliphatic carboxylic acids is 1. The average Bonchev–Trinajstić information content (AvgIpc) is 3.54. The molecule has 5 rings (SSSR count). The van der Waals surface area contributed by atoms with Crippen LogP contribution in [-0.2, 0) is 11.3 Å².